The average Bonchev–Trinajstić information content (AvgIpc) is 3.04. The number of carbonyl (C=O) groups excluding carboxylic acids is 1. The van der Waals surface area contributed by atoms with Gasteiger partial charge in [-0.2, -0.15) is 5.10 Å². The summed E-state index contributed by atoms with van der Waals surface area (Å²) in [6.07, 6.45) is 1.30. The second-order valence-electron chi connectivity index (χ2n) is 4.89. The monoisotopic (exact) mass is 326 g/mol. The lowest BCUT2D eigenvalue weighted by Crippen LogP contribution is -2.17. The molecule has 0 fully saturated rings. The van der Waals surface area contributed by atoms with E-state index >= 15 is 0 Å². The number of amides is 1. The molecular weight excluding hydrogens is 314 g/mol. The maximum absolute atomic E-state index is 13.7. The standard InChI is InChI=1S/C18H12F2N2O2/c19-13-7-5-12(6-8-13)18(23)22-21-11-14-9-10-17(24-14)15-3-1-2-4-16(15)20/h1-11H,(H,22,23)/b21-11-. The van der Waals surface area contributed by atoms with Crippen LogP contribution in [0.2, 0.25) is 0 Å². The van der Waals surface area contributed by atoms with Crippen LogP contribution in [0.3, 0.4) is 0 Å². The predicted octanol–water partition coefficient (Wildman–Crippen LogP) is 3.99. The van der Waals surface area contributed by atoms with Crippen molar-refractivity contribution in [2.24, 2.45) is 5.10 Å². The van der Waals surface area contributed by atoms with E-state index in [1.54, 1.807) is 30.3 Å². The van der Waals surface area contributed by atoms with Crippen molar-refractivity contribution in [1.29, 1.82) is 0 Å². The van der Waals surface area contributed by atoms with Crippen LogP contribution in [-0.4, -0.2) is 12.1 Å². The van der Waals surface area contributed by atoms with Crippen molar-refractivity contribution in [3.05, 3.63) is 83.6 Å². The Morgan fingerprint density at radius 3 is 2.50 bits per heavy atom. The molecule has 0 saturated heterocycles. The van der Waals surface area contributed by atoms with Crippen LogP contribution >= 0.6 is 0 Å². The van der Waals surface area contributed by atoms with Gasteiger partial charge in [-0.25, -0.2) is 14.2 Å². The van der Waals surface area contributed by atoms with E-state index in [0.29, 0.717) is 17.1 Å². The summed E-state index contributed by atoms with van der Waals surface area (Å²) in [6, 6.07) is 14.5. The molecule has 0 spiro atoms. The van der Waals surface area contributed by atoms with Gasteiger partial charge in [-0.05, 0) is 48.5 Å². The molecule has 1 heterocycles. The third kappa shape index (κ3) is 3.55. The summed E-state index contributed by atoms with van der Waals surface area (Å²) in [7, 11) is 0. The second-order valence-corrected chi connectivity index (χ2v) is 4.89. The topological polar surface area (TPSA) is 54.6 Å². The second kappa shape index (κ2) is 6.87. The van der Waals surface area contributed by atoms with E-state index in [9.17, 15) is 13.6 Å². The van der Waals surface area contributed by atoms with Crippen LogP contribution in [0, 0.1) is 11.6 Å². The van der Waals surface area contributed by atoms with E-state index < -0.39 is 11.7 Å². The summed E-state index contributed by atoms with van der Waals surface area (Å²) in [5, 5.41) is 3.76. The molecule has 0 aliphatic rings. The lowest BCUT2D eigenvalue weighted by atomic mass is 10.1. The Labute approximate surface area is 136 Å². The van der Waals surface area contributed by atoms with E-state index in [-0.39, 0.29) is 11.4 Å². The van der Waals surface area contributed by atoms with Crippen LogP contribution in [0.15, 0.2) is 70.2 Å². The first kappa shape index (κ1) is 15.6. The van der Waals surface area contributed by atoms with Gasteiger partial charge in [0.25, 0.3) is 5.91 Å². The Balaban J connectivity index is 1.66. The Morgan fingerprint density at radius 2 is 1.75 bits per heavy atom. The zero-order valence-corrected chi connectivity index (χ0v) is 12.4. The third-order valence-electron chi connectivity index (χ3n) is 3.23. The first-order chi connectivity index (χ1) is 11.6. The van der Waals surface area contributed by atoms with Crippen LogP contribution < -0.4 is 5.43 Å². The number of rotatable bonds is 4. The number of nitrogens with zero attached hydrogens (tertiary/aromatic N) is 1. The van der Waals surface area contributed by atoms with Crippen molar-refractivity contribution in [3.63, 3.8) is 0 Å². The Kier molecular flexibility index (Phi) is 4.47. The van der Waals surface area contributed by atoms with Gasteiger partial charge in [0.1, 0.15) is 23.2 Å². The molecule has 4 nitrogen and oxygen atoms in total. The highest BCUT2D eigenvalue weighted by Crippen LogP contribution is 2.24. The highest BCUT2D eigenvalue weighted by Gasteiger charge is 2.08. The fourth-order valence-corrected chi connectivity index (χ4v) is 2.05. The van der Waals surface area contributed by atoms with Gasteiger partial charge >= 0.3 is 0 Å². The maximum Gasteiger partial charge on any atom is 0.271 e. The normalized spacial score (nSPS) is 10.9. The van der Waals surface area contributed by atoms with Gasteiger partial charge in [0.2, 0.25) is 0 Å². The Hall–Kier alpha value is -3.28. The molecule has 0 aliphatic heterocycles. The zero-order chi connectivity index (χ0) is 16.9. The Bertz CT molecular complexity index is 886. The van der Waals surface area contributed by atoms with Crippen LogP contribution in [0.25, 0.3) is 11.3 Å². The molecule has 0 bridgehead atoms. The van der Waals surface area contributed by atoms with E-state index in [0.717, 1.165) is 0 Å². The smallest absolute Gasteiger partial charge is 0.271 e. The fraction of sp³-hybridized carbons (Fsp3) is 0. The fourth-order valence-electron chi connectivity index (χ4n) is 2.05. The molecule has 2 aromatic carbocycles. The average molecular weight is 326 g/mol. The summed E-state index contributed by atoms with van der Waals surface area (Å²) in [5.41, 5.74) is 2.92. The van der Waals surface area contributed by atoms with E-state index in [4.69, 9.17) is 4.42 Å². The van der Waals surface area contributed by atoms with Crippen molar-refractivity contribution in [3.8, 4) is 11.3 Å². The SMILES string of the molecule is O=C(N/N=C\c1ccc(-c2ccccc2F)o1)c1ccc(F)cc1. The van der Waals surface area contributed by atoms with Gasteiger partial charge in [0.15, 0.2) is 0 Å². The summed E-state index contributed by atoms with van der Waals surface area (Å²) in [6.45, 7) is 0. The van der Waals surface area contributed by atoms with Gasteiger partial charge in [0.05, 0.1) is 11.8 Å². The van der Waals surface area contributed by atoms with E-state index in [1.807, 2.05) is 0 Å². The number of hydrazone groups is 1. The number of carbonyl (C=O) groups is 1. The lowest BCUT2D eigenvalue weighted by molar-refractivity contribution is 0.0955. The van der Waals surface area contributed by atoms with Gasteiger partial charge in [0, 0.05) is 5.56 Å². The van der Waals surface area contributed by atoms with E-state index in [2.05, 4.69) is 10.5 Å². The maximum atomic E-state index is 13.7. The molecule has 6 heteroatoms. The molecule has 0 aliphatic carbocycles. The molecule has 3 rings (SSSR count). The minimum atomic E-state index is -0.480. The van der Waals surface area contributed by atoms with Crippen molar-refractivity contribution in [2.45, 2.75) is 0 Å². The van der Waals surface area contributed by atoms with Gasteiger partial charge in [-0.1, -0.05) is 12.1 Å². The molecule has 3 aromatic rings. The number of halogens is 2. The molecule has 0 unspecified atom stereocenters. The summed E-state index contributed by atoms with van der Waals surface area (Å²) in [4.78, 5) is 11.8. The third-order valence-corrected chi connectivity index (χ3v) is 3.23. The highest BCUT2D eigenvalue weighted by molar-refractivity contribution is 5.94. The van der Waals surface area contributed by atoms with Crippen molar-refractivity contribution < 1.29 is 18.0 Å². The number of nitrogens with one attached hydrogen (secondary N) is 1. The van der Waals surface area contributed by atoms with Gasteiger partial charge in [-0.3, -0.25) is 4.79 Å². The van der Waals surface area contributed by atoms with Crippen molar-refractivity contribution in [2.75, 3.05) is 0 Å². The predicted molar refractivity (Wildman–Crippen MR) is 85.6 cm³/mol. The van der Waals surface area contributed by atoms with Crippen LogP contribution in [0.1, 0.15) is 16.1 Å². The minimum absolute atomic E-state index is 0.278. The molecular formula is C18H12F2N2O2. The summed E-state index contributed by atoms with van der Waals surface area (Å²) < 4.78 is 31.9. The number of hydrogen-bond acceptors (Lipinski definition) is 3. The summed E-state index contributed by atoms with van der Waals surface area (Å²) >= 11 is 0. The minimum Gasteiger partial charge on any atom is -0.455 e. The molecule has 0 saturated carbocycles. The number of furan rings is 1. The summed E-state index contributed by atoms with van der Waals surface area (Å²) in [5.74, 6) is -0.578. The van der Waals surface area contributed by atoms with Crippen molar-refractivity contribution in [1.82, 2.24) is 5.43 Å². The van der Waals surface area contributed by atoms with Crippen molar-refractivity contribution >= 4 is 12.1 Å². The number of hydrogen-bond donors (Lipinski definition) is 1. The van der Waals surface area contributed by atoms with E-state index in [1.165, 1.54) is 36.5 Å². The molecule has 0 radical (unpaired) electrons. The molecule has 1 aromatic heterocycles. The van der Waals surface area contributed by atoms with Gasteiger partial charge in [-0.15, -0.1) is 0 Å². The first-order valence-electron chi connectivity index (χ1n) is 7.07. The molecule has 1 N–H and O–H groups in total. The Morgan fingerprint density at radius 1 is 1.00 bits per heavy atom. The largest absolute Gasteiger partial charge is 0.455 e. The number of benzene rings is 2. The lowest BCUT2D eigenvalue weighted by Gasteiger charge is -1.99. The van der Waals surface area contributed by atoms with Crippen LogP contribution in [0.4, 0.5) is 8.78 Å². The highest BCUT2D eigenvalue weighted by atomic mass is 19.1. The molecule has 120 valence electrons. The van der Waals surface area contributed by atoms with Crippen LogP contribution in [0.5, 0.6) is 0 Å². The van der Waals surface area contributed by atoms with Gasteiger partial charge < -0.3 is 4.42 Å². The quantitative estimate of drug-likeness (QED) is 0.582. The molecule has 24 heavy (non-hydrogen) atoms. The first-order valence-corrected chi connectivity index (χ1v) is 7.07. The van der Waals surface area contributed by atoms with Crippen LogP contribution in [-0.2, 0) is 0 Å². The molecule has 1 amide bonds. The molecule has 0 atom stereocenters. The zero-order valence-electron chi connectivity index (χ0n) is 12.4.